The Kier molecular flexibility index (Phi) is 6.36. The third-order valence-electron chi connectivity index (χ3n) is 2.73. The number of urea groups is 1. The molecule has 6 heteroatoms. The van der Waals surface area contributed by atoms with Crippen molar-refractivity contribution in [1.82, 2.24) is 10.2 Å². The molecule has 110 valence electrons. The first-order chi connectivity index (χ1) is 9.58. The van der Waals surface area contributed by atoms with E-state index >= 15 is 0 Å². The number of para-hydroxylation sites is 1. The molecule has 0 saturated heterocycles. The highest BCUT2D eigenvalue weighted by Gasteiger charge is 2.15. The molecule has 6 nitrogen and oxygen atoms in total. The maximum atomic E-state index is 12.0. The smallest absolute Gasteiger partial charge is 0.323 e. The summed E-state index contributed by atoms with van der Waals surface area (Å²) in [5.41, 5.74) is 0.843. The van der Waals surface area contributed by atoms with E-state index in [1.54, 1.807) is 7.11 Å². The van der Waals surface area contributed by atoms with E-state index in [0.29, 0.717) is 25.3 Å². The number of nitrogens with one attached hydrogen (secondary N) is 1. The van der Waals surface area contributed by atoms with Crippen molar-refractivity contribution in [2.75, 3.05) is 20.2 Å². The topological polar surface area (TPSA) is 78.9 Å². The van der Waals surface area contributed by atoms with E-state index in [4.69, 9.17) is 9.84 Å². The van der Waals surface area contributed by atoms with Crippen LogP contribution in [0.25, 0.3) is 0 Å². The van der Waals surface area contributed by atoms with Gasteiger partial charge < -0.3 is 20.1 Å². The molecule has 0 fully saturated rings. The van der Waals surface area contributed by atoms with Gasteiger partial charge in [0, 0.05) is 18.7 Å². The fraction of sp³-hybridized carbons (Fsp3) is 0.429. The van der Waals surface area contributed by atoms with Crippen LogP contribution in [-0.4, -0.2) is 42.2 Å². The maximum absolute atomic E-state index is 12.0. The number of methoxy groups -OCH3 is 1. The maximum Gasteiger partial charge on any atom is 0.323 e. The summed E-state index contributed by atoms with van der Waals surface area (Å²) in [6.07, 6.45) is 0.704. The molecule has 0 heterocycles. The summed E-state index contributed by atoms with van der Waals surface area (Å²) < 4.78 is 5.19. The highest BCUT2D eigenvalue weighted by molar-refractivity contribution is 5.80. The molecule has 0 radical (unpaired) electrons. The predicted molar refractivity (Wildman–Crippen MR) is 74.7 cm³/mol. The van der Waals surface area contributed by atoms with E-state index in [9.17, 15) is 9.59 Å². The Morgan fingerprint density at radius 1 is 1.35 bits per heavy atom. The molecular weight excluding hydrogens is 260 g/mol. The Bertz CT molecular complexity index is 462. The van der Waals surface area contributed by atoms with Gasteiger partial charge in [-0.1, -0.05) is 25.1 Å². The van der Waals surface area contributed by atoms with Gasteiger partial charge in [-0.25, -0.2) is 4.79 Å². The van der Waals surface area contributed by atoms with Crippen molar-refractivity contribution in [2.24, 2.45) is 0 Å². The third kappa shape index (κ3) is 4.79. The number of hydrogen-bond acceptors (Lipinski definition) is 3. The minimum absolute atomic E-state index is 0.294. The number of ether oxygens (including phenoxy) is 1. The van der Waals surface area contributed by atoms with Gasteiger partial charge >= 0.3 is 12.0 Å². The standard InChI is InChI=1S/C14H20N2O4/c1-3-8-16(10-13(17)18)14(19)15-9-11-6-4-5-7-12(11)20-2/h4-7H,3,8-10H2,1-2H3,(H,15,19)(H,17,18). The zero-order chi connectivity index (χ0) is 15.0. The summed E-state index contributed by atoms with van der Waals surface area (Å²) in [7, 11) is 1.56. The molecule has 0 unspecified atom stereocenters. The molecule has 0 spiro atoms. The number of nitrogens with zero attached hydrogens (tertiary/aromatic N) is 1. The number of carboxylic acids is 1. The average Bonchev–Trinajstić information content (AvgIpc) is 2.44. The van der Waals surface area contributed by atoms with E-state index in [-0.39, 0.29) is 12.6 Å². The van der Waals surface area contributed by atoms with Crippen molar-refractivity contribution in [3.63, 3.8) is 0 Å². The summed E-state index contributed by atoms with van der Waals surface area (Å²) in [5, 5.41) is 11.5. The van der Waals surface area contributed by atoms with Crippen molar-refractivity contribution < 1.29 is 19.4 Å². The van der Waals surface area contributed by atoms with E-state index in [1.165, 1.54) is 4.90 Å². The van der Waals surface area contributed by atoms with Gasteiger partial charge in [-0.05, 0) is 12.5 Å². The number of aliphatic carboxylic acids is 1. The predicted octanol–water partition coefficient (Wildman–Crippen LogP) is 1.70. The van der Waals surface area contributed by atoms with Crippen LogP contribution in [0.15, 0.2) is 24.3 Å². The first kappa shape index (κ1) is 15.8. The lowest BCUT2D eigenvalue weighted by Gasteiger charge is -2.20. The number of hydrogen-bond donors (Lipinski definition) is 2. The van der Waals surface area contributed by atoms with Crippen molar-refractivity contribution in [1.29, 1.82) is 0 Å². The van der Waals surface area contributed by atoms with Crippen LogP contribution in [0.2, 0.25) is 0 Å². The molecular formula is C14H20N2O4. The van der Waals surface area contributed by atoms with Gasteiger partial charge in [0.2, 0.25) is 0 Å². The van der Waals surface area contributed by atoms with Gasteiger partial charge in [-0.3, -0.25) is 4.79 Å². The average molecular weight is 280 g/mol. The lowest BCUT2D eigenvalue weighted by Crippen LogP contribution is -2.42. The summed E-state index contributed by atoms with van der Waals surface area (Å²) in [4.78, 5) is 23.9. The minimum Gasteiger partial charge on any atom is -0.496 e. The van der Waals surface area contributed by atoms with Gasteiger partial charge in [0.25, 0.3) is 0 Å². The molecule has 0 aliphatic heterocycles. The molecule has 1 aromatic rings. The Morgan fingerprint density at radius 2 is 2.05 bits per heavy atom. The van der Waals surface area contributed by atoms with Crippen molar-refractivity contribution in [3.8, 4) is 5.75 Å². The van der Waals surface area contributed by atoms with Gasteiger partial charge in [0.1, 0.15) is 12.3 Å². The lowest BCUT2D eigenvalue weighted by atomic mass is 10.2. The van der Waals surface area contributed by atoms with Crippen molar-refractivity contribution in [2.45, 2.75) is 19.9 Å². The summed E-state index contributed by atoms with van der Waals surface area (Å²) >= 11 is 0. The number of carbonyl (C=O) groups is 2. The number of rotatable bonds is 7. The van der Waals surface area contributed by atoms with Crippen molar-refractivity contribution >= 4 is 12.0 Å². The van der Waals surface area contributed by atoms with Crippen LogP contribution in [0, 0.1) is 0 Å². The van der Waals surface area contributed by atoms with Crippen LogP contribution in [0.4, 0.5) is 4.79 Å². The third-order valence-corrected chi connectivity index (χ3v) is 2.73. The normalized spacial score (nSPS) is 9.90. The van der Waals surface area contributed by atoms with E-state index in [1.807, 2.05) is 31.2 Å². The second-order valence-electron chi connectivity index (χ2n) is 4.29. The SMILES string of the molecule is CCCN(CC(=O)O)C(=O)NCc1ccccc1OC. The summed E-state index contributed by atoms with van der Waals surface area (Å²) in [5.74, 6) is -0.334. The Labute approximate surface area is 118 Å². The number of carboxylic acid groups (broad SMARTS) is 1. The molecule has 0 aliphatic rings. The first-order valence-corrected chi connectivity index (χ1v) is 6.45. The molecule has 20 heavy (non-hydrogen) atoms. The van der Waals surface area contributed by atoms with Crippen LogP contribution in [0.5, 0.6) is 5.75 Å². The van der Waals surface area contributed by atoms with Crippen LogP contribution in [0.3, 0.4) is 0 Å². The van der Waals surface area contributed by atoms with Crippen molar-refractivity contribution in [3.05, 3.63) is 29.8 Å². The van der Waals surface area contributed by atoms with E-state index in [0.717, 1.165) is 5.56 Å². The first-order valence-electron chi connectivity index (χ1n) is 6.45. The van der Waals surface area contributed by atoms with Gasteiger partial charge in [0.15, 0.2) is 0 Å². The summed E-state index contributed by atoms with van der Waals surface area (Å²) in [6.45, 7) is 2.29. The fourth-order valence-electron chi connectivity index (χ4n) is 1.82. The largest absolute Gasteiger partial charge is 0.496 e. The molecule has 0 saturated carbocycles. The van der Waals surface area contributed by atoms with Gasteiger partial charge in [-0.2, -0.15) is 0 Å². The quantitative estimate of drug-likeness (QED) is 0.796. The molecule has 2 N–H and O–H groups in total. The van der Waals surface area contributed by atoms with E-state index in [2.05, 4.69) is 5.32 Å². The molecule has 2 amide bonds. The number of amides is 2. The second-order valence-corrected chi connectivity index (χ2v) is 4.29. The molecule has 1 rings (SSSR count). The monoisotopic (exact) mass is 280 g/mol. The summed E-state index contributed by atoms with van der Waals surface area (Å²) in [6, 6.07) is 6.96. The van der Waals surface area contributed by atoms with Gasteiger partial charge in [-0.15, -0.1) is 0 Å². The van der Waals surface area contributed by atoms with Crippen LogP contribution in [-0.2, 0) is 11.3 Å². The molecule has 0 atom stereocenters. The molecule has 1 aromatic carbocycles. The van der Waals surface area contributed by atoms with Crippen LogP contribution < -0.4 is 10.1 Å². The van der Waals surface area contributed by atoms with Crippen LogP contribution in [0.1, 0.15) is 18.9 Å². The number of carbonyl (C=O) groups excluding carboxylic acids is 1. The Balaban J connectivity index is 2.62. The molecule has 0 aliphatic carbocycles. The Morgan fingerprint density at radius 3 is 2.65 bits per heavy atom. The fourth-order valence-corrected chi connectivity index (χ4v) is 1.82. The van der Waals surface area contributed by atoms with Crippen LogP contribution >= 0.6 is 0 Å². The minimum atomic E-state index is -1.02. The number of benzene rings is 1. The Hall–Kier alpha value is -2.24. The highest BCUT2D eigenvalue weighted by atomic mass is 16.5. The molecule has 0 bridgehead atoms. The lowest BCUT2D eigenvalue weighted by molar-refractivity contribution is -0.137. The second kappa shape index (κ2) is 8.04. The highest BCUT2D eigenvalue weighted by Crippen LogP contribution is 2.16. The zero-order valence-electron chi connectivity index (χ0n) is 11.8. The zero-order valence-corrected chi connectivity index (χ0v) is 11.8. The van der Waals surface area contributed by atoms with Gasteiger partial charge in [0.05, 0.1) is 7.11 Å². The molecule has 0 aromatic heterocycles. The van der Waals surface area contributed by atoms with E-state index < -0.39 is 5.97 Å².